The number of ether oxygens (including phenoxy) is 1. The fourth-order valence-corrected chi connectivity index (χ4v) is 3.01. The Morgan fingerprint density at radius 3 is 2.25 bits per heavy atom. The van der Waals surface area contributed by atoms with Crippen LogP contribution in [0.4, 0.5) is 11.4 Å². The minimum Gasteiger partial charge on any atom is -0.497 e. The molecule has 5 nitrogen and oxygen atoms in total. The van der Waals surface area contributed by atoms with Gasteiger partial charge in [-0.15, -0.1) is 0 Å². The van der Waals surface area contributed by atoms with E-state index in [4.69, 9.17) is 4.74 Å². The molecule has 1 unspecified atom stereocenters. The molecule has 3 rings (SSSR count). The van der Waals surface area contributed by atoms with Crippen molar-refractivity contribution in [3.63, 3.8) is 0 Å². The molecule has 1 heterocycles. The molecule has 1 atom stereocenters. The van der Waals surface area contributed by atoms with E-state index in [1.54, 1.807) is 31.4 Å². The van der Waals surface area contributed by atoms with E-state index in [0.717, 1.165) is 16.8 Å². The number of carbonyl (C=O) groups is 2. The first-order valence-electron chi connectivity index (χ1n) is 7.83. The van der Waals surface area contributed by atoms with Gasteiger partial charge in [-0.25, -0.2) is 4.90 Å². The van der Waals surface area contributed by atoms with Crippen molar-refractivity contribution in [3.8, 4) is 5.75 Å². The lowest BCUT2D eigenvalue weighted by molar-refractivity contribution is -0.121. The Bertz CT molecular complexity index is 763. The van der Waals surface area contributed by atoms with Crippen molar-refractivity contribution in [2.24, 2.45) is 0 Å². The molecule has 5 heteroatoms. The molecule has 0 aliphatic carbocycles. The number of hydrogen-bond donors (Lipinski definition) is 1. The fraction of sp³-hybridized carbons (Fsp3) is 0.263. The third-order valence-corrected chi connectivity index (χ3v) is 4.04. The van der Waals surface area contributed by atoms with Crippen LogP contribution in [0.5, 0.6) is 5.75 Å². The van der Waals surface area contributed by atoms with Crippen molar-refractivity contribution >= 4 is 23.2 Å². The highest BCUT2D eigenvalue weighted by Gasteiger charge is 2.39. The number of nitrogens with zero attached hydrogens (tertiary/aromatic N) is 1. The lowest BCUT2D eigenvalue weighted by Gasteiger charge is -2.17. The van der Waals surface area contributed by atoms with E-state index < -0.39 is 6.04 Å². The van der Waals surface area contributed by atoms with Crippen LogP contribution in [-0.4, -0.2) is 25.0 Å². The van der Waals surface area contributed by atoms with Crippen LogP contribution in [-0.2, 0) is 9.59 Å². The molecule has 0 bridgehead atoms. The van der Waals surface area contributed by atoms with E-state index >= 15 is 0 Å². The second-order valence-corrected chi connectivity index (χ2v) is 6.04. The second kappa shape index (κ2) is 6.35. The number of carbonyl (C=O) groups excluding carboxylic acids is 2. The summed E-state index contributed by atoms with van der Waals surface area (Å²) in [7, 11) is 1.57. The zero-order valence-electron chi connectivity index (χ0n) is 14.0. The molecule has 2 aromatic carbocycles. The van der Waals surface area contributed by atoms with Crippen LogP contribution >= 0.6 is 0 Å². The molecular formula is C19H20N2O3. The summed E-state index contributed by atoms with van der Waals surface area (Å²) in [6.45, 7) is 4.01. The van der Waals surface area contributed by atoms with Gasteiger partial charge in [-0.05, 0) is 61.4 Å². The summed E-state index contributed by atoms with van der Waals surface area (Å²) in [5, 5.41) is 3.19. The number of anilines is 2. The van der Waals surface area contributed by atoms with Gasteiger partial charge in [-0.2, -0.15) is 0 Å². The Morgan fingerprint density at radius 2 is 1.67 bits per heavy atom. The van der Waals surface area contributed by atoms with Crippen LogP contribution in [0, 0.1) is 13.8 Å². The minimum atomic E-state index is -0.541. The first-order valence-corrected chi connectivity index (χ1v) is 7.83. The van der Waals surface area contributed by atoms with E-state index in [0.29, 0.717) is 11.4 Å². The molecular weight excluding hydrogens is 304 g/mol. The summed E-state index contributed by atoms with van der Waals surface area (Å²) >= 11 is 0. The van der Waals surface area contributed by atoms with Gasteiger partial charge in [-0.1, -0.05) is 6.07 Å². The van der Waals surface area contributed by atoms with Gasteiger partial charge in [0.2, 0.25) is 5.91 Å². The normalized spacial score (nSPS) is 17.3. The zero-order valence-corrected chi connectivity index (χ0v) is 14.0. The summed E-state index contributed by atoms with van der Waals surface area (Å²) in [6, 6.07) is 12.4. The maximum absolute atomic E-state index is 12.7. The van der Waals surface area contributed by atoms with E-state index in [2.05, 4.69) is 11.4 Å². The molecule has 0 spiro atoms. The van der Waals surface area contributed by atoms with Crippen molar-refractivity contribution in [3.05, 3.63) is 53.6 Å². The number of nitrogens with one attached hydrogen (secondary N) is 1. The largest absolute Gasteiger partial charge is 0.497 e. The predicted octanol–water partition coefficient (Wildman–Crippen LogP) is 3.06. The number of imide groups is 1. The molecule has 1 fully saturated rings. The second-order valence-electron chi connectivity index (χ2n) is 6.04. The number of aryl methyl sites for hydroxylation is 2. The molecule has 2 aromatic rings. The van der Waals surface area contributed by atoms with Gasteiger partial charge in [0.1, 0.15) is 11.8 Å². The summed E-state index contributed by atoms with van der Waals surface area (Å²) < 4.78 is 5.11. The van der Waals surface area contributed by atoms with E-state index in [-0.39, 0.29) is 18.2 Å². The monoisotopic (exact) mass is 324 g/mol. The third kappa shape index (κ3) is 3.11. The first kappa shape index (κ1) is 16.1. The van der Waals surface area contributed by atoms with Gasteiger partial charge in [0.25, 0.3) is 5.91 Å². The van der Waals surface area contributed by atoms with E-state index in [9.17, 15) is 9.59 Å². The molecule has 0 aromatic heterocycles. The third-order valence-electron chi connectivity index (χ3n) is 4.04. The molecule has 24 heavy (non-hydrogen) atoms. The van der Waals surface area contributed by atoms with Crippen molar-refractivity contribution in [1.82, 2.24) is 0 Å². The average molecular weight is 324 g/mol. The summed E-state index contributed by atoms with van der Waals surface area (Å²) in [5.74, 6) is 0.249. The van der Waals surface area contributed by atoms with Crippen LogP contribution < -0.4 is 15.0 Å². The van der Waals surface area contributed by atoms with Gasteiger partial charge in [0.05, 0.1) is 19.2 Å². The lowest BCUT2D eigenvalue weighted by Crippen LogP contribution is -2.34. The Balaban J connectivity index is 1.80. The van der Waals surface area contributed by atoms with Crippen molar-refractivity contribution in [1.29, 1.82) is 0 Å². The fourth-order valence-electron chi connectivity index (χ4n) is 3.01. The molecule has 1 aliphatic rings. The number of hydrogen-bond acceptors (Lipinski definition) is 4. The van der Waals surface area contributed by atoms with E-state index in [1.807, 2.05) is 26.0 Å². The maximum atomic E-state index is 12.7. The summed E-state index contributed by atoms with van der Waals surface area (Å²) in [6.07, 6.45) is 0.151. The molecule has 2 amide bonds. The molecule has 0 radical (unpaired) electrons. The van der Waals surface area contributed by atoms with Gasteiger partial charge >= 0.3 is 0 Å². The van der Waals surface area contributed by atoms with Gasteiger partial charge in [0, 0.05) is 5.69 Å². The Hall–Kier alpha value is -2.82. The number of rotatable bonds is 4. The summed E-state index contributed by atoms with van der Waals surface area (Å²) in [5.41, 5.74) is 3.65. The Morgan fingerprint density at radius 1 is 1.04 bits per heavy atom. The number of amides is 2. The minimum absolute atomic E-state index is 0.151. The molecule has 124 valence electrons. The number of benzene rings is 2. The van der Waals surface area contributed by atoms with Crippen LogP contribution in [0.25, 0.3) is 0 Å². The average Bonchev–Trinajstić information content (AvgIpc) is 2.80. The first-order chi connectivity index (χ1) is 11.5. The maximum Gasteiger partial charge on any atom is 0.256 e. The highest BCUT2D eigenvalue weighted by atomic mass is 16.5. The lowest BCUT2D eigenvalue weighted by atomic mass is 10.1. The van der Waals surface area contributed by atoms with Crippen LogP contribution in [0.2, 0.25) is 0 Å². The standard InChI is InChI=1S/C19H20N2O3/c1-12-8-13(2)10-14(9-12)20-17-11-18(22)21(19(17)23)15-4-6-16(24-3)7-5-15/h4-10,17,20H,11H2,1-3H3. The highest BCUT2D eigenvalue weighted by molar-refractivity contribution is 6.23. The van der Waals surface area contributed by atoms with Crippen molar-refractivity contribution in [2.45, 2.75) is 26.3 Å². The van der Waals surface area contributed by atoms with Gasteiger partial charge in [-0.3, -0.25) is 9.59 Å². The van der Waals surface area contributed by atoms with Gasteiger partial charge < -0.3 is 10.1 Å². The SMILES string of the molecule is COc1ccc(N2C(=O)CC(Nc3cc(C)cc(C)c3)C2=O)cc1. The molecule has 0 saturated carbocycles. The smallest absolute Gasteiger partial charge is 0.256 e. The Kier molecular flexibility index (Phi) is 4.25. The van der Waals surface area contributed by atoms with Gasteiger partial charge in [0.15, 0.2) is 0 Å². The number of methoxy groups -OCH3 is 1. The van der Waals surface area contributed by atoms with Crippen molar-refractivity contribution < 1.29 is 14.3 Å². The van der Waals surface area contributed by atoms with Crippen LogP contribution in [0.15, 0.2) is 42.5 Å². The highest BCUT2D eigenvalue weighted by Crippen LogP contribution is 2.27. The molecule has 1 saturated heterocycles. The van der Waals surface area contributed by atoms with E-state index in [1.165, 1.54) is 4.90 Å². The Labute approximate surface area is 141 Å². The topological polar surface area (TPSA) is 58.6 Å². The van der Waals surface area contributed by atoms with Crippen LogP contribution in [0.3, 0.4) is 0 Å². The summed E-state index contributed by atoms with van der Waals surface area (Å²) in [4.78, 5) is 26.2. The van der Waals surface area contributed by atoms with Crippen LogP contribution in [0.1, 0.15) is 17.5 Å². The predicted molar refractivity (Wildman–Crippen MR) is 93.4 cm³/mol. The molecule has 1 aliphatic heterocycles. The quantitative estimate of drug-likeness (QED) is 0.878. The van der Waals surface area contributed by atoms with Crippen molar-refractivity contribution in [2.75, 3.05) is 17.3 Å². The molecule has 1 N–H and O–H groups in total. The zero-order chi connectivity index (χ0) is 17.3.